The van der Waals surface area contributed by atoms with Crippen LogP contribution >= 0.6 is 0 Å². The minimum absolute atomic E-state index is 0.264. The summed E-state index contributed by atoms with van der Waals surface area (Å²) in [4.78, 5) is 2.57. The molecule has 0 N–H and O–H groups in total. The van der Waals surface area contributed by atoms with Crippen molar-refractivity contribution >= 4 is 60.2 Å². The fraction of sp³-hybridized carbons (Fsp3) is 0.0508. The van der Waals surface area contributed by atoms with Crippen molar-refractivity contribution in [3.8, 4) is 22.3 Å². The van der Waals surface area contributed by atoms with Gasteiger partial charge < -0.3 is 4.90 Å². The van der Waals surface area contributed by atoms with E-state index in [-0.39, 0.29) is 5.92 Å². The molecule has 0 heterocycles. The fourth-order valence-electron chi connectivity index (χ4n) is 11.4. The van der Waals surface area contributed by atoms with Crippen LogP contribution in [-0.2, 0) is 5.41 Å². The highest BCUT2D eigenvalue weighted by Crippen LogP contribution is 2.64. The normalized spacial score (nSPS) is 17.0. The van der Waals surface area contributed by atoms with Crippen molar-refractivity contribution in [1.82, 2.24) is 0 Å². The molecule has 3 aliphatic rings. The van der Waals surface area contributed by atoms with E-state index in [4.69, 9.17) is 0 Å². The molecule has 1 nitrogen and oxygen atoms in total. The van der Waals surface area contributed by atoms with E-state index in [9.17, 15) is 0 Å². The van der Waals surface area contributed by atoms with Gasteiger partial charge in [0.05, 0.1) is 11.1 Å². The Morgan fingerprint density at radius 1 is 0.417 bits per heavy atom. The van der Waals surface area contributed by atoms with Gasteiger partial charge in [-0.1, -0.05) is 194 Å². The van der Waals surface area contributed by atoms with E-state index in [0.717, 1.165) is 12.1 Å². The largest absolute Gasteiger partial charge is 0.310 e. The highest BCUT2D eigenvalue weighted by atomic mass is 15.1. The van der Waals surface area contributed by atoms with Crippen LogP contribution < -0.4 is 4.90 Å². The van der Waals surface area contributed by atoms with E-state index in [2.05, 4.69) is 223 Å². The summed E-state index contributed by atoms with van der Waals surface area (Å²) >= 11 is 0. The Balaban J connectivity index is 1.16. The first-order chi connectivity index (χ1) is 29.8. The maximum absolute atomic E-state index is 2.57. The summed E-state index contributed by atoms with van der Waals surface area (Å²) in [6.45, 7) is 0. The first-order valence-corrected chi connectivity index (χ1v) is 21.2. The van der Waals surface area contributed by atoms with E-state index < -0.39 is 5.41 Å². The van der Waals surface area contributed by atoms with Crippen molar-refractivity contribution in [2.45, 2.75) is 17.8 Å². The quantitative estimate of drug-likeness (QED) is 0.158. The fourth-order valence-corrected chi connectivity index (χ4v) is 11.4. The van der Waals surface area contributed by atoms with Crippen LogP contribution in [-0.4, -0.2) is 0 Å². The molecule has 0 amide bonds. The number of rotatable bonds is 5. The van der Waals surface area contributed by atoms with E-state index in [1.54, 1.807) is 0 Å². The van der Waals surface area contributed by atoms with Gasteiger partial charge in [-0.15, -0.1) is 0 Å². The van der Waals surface area contributed by atoms with E-state index in [1.165, 1.54) is 105 Å². The van der Waals surface area contributed by atoms with Crippen LogP contribution in [0.5, 0.6) is 0 Å². The van der Waals surface area contributed by atoms with Crippen LogP contribution in [0.25, 0.3) is 65.3 Å². The van der Waals surface area contributed by atoms with Crippen molar-refractivity contribution < 1.29 is 0 Å². The van der Waals surface area contributed by atoms with Crippen LogP contribution in [0.2, 0.25) is 0 Å². The number of fused-ring (bicyclic) bond motifs is 12. The van der Waals surface area contributed by atoms with Gasteiger partial charge in [0.15, 0.2) is 0 Å². The second-order valence-electron chi connectivity index (χ2n) is 16.6. The third kappa shape index (κ3) is 4.47. The summed E-state index contributed by atoms with van der Waals surface area (Å²) in [6, 6.07) is 73.2. The first-order valence-electron chi connectivity index (χ1n) is 21.2. The maximum atomic E-state index is 2.57. The highest BCUT2D eigenvalue weighted by molar-refractivity contribution is 6.26. The summed E-state index contributed by atoms with van der Waals surface area (Å²) in [5.41, 5.74) is 15.0. The molecule has 2 atom stereocenters. The van der Waals surface area contributed by atoms with Crippen molar-refractivity contribution in [1.29, 1.82) is 0 Å². The predicted molar refractivity (Wildman–Crippen MR) is 253 cm³/mol. The Kier molecular flexibility index (Phi) is 7.12. The zero-order valence-electron chi connectivity index (χ0n) is 33.0. The highest BCUT2D eigenvalue weighted by Gasteiger charge is 2.50. The van der Waals surface area contributed by atoms with Gasteiger partial charge in [-0.3, -0.25) is 0 Å². The lowest BCUT2D eigenvalue weighted by Gasteiger charge is -2.40. The van der Waals surface area contributed by atoms with Gasteiger partial charge in [0.25, 0.3) is 0 Å². The Morgan fingerprint density at radius 3 is 1.72 bits per heavy atom. The molecule has 0 spiro atoms. The molecule has 10 aromatic carbocycles. The second-order valence-corrected chi connectivity index (χ2v) is 16.6. The Morgan fingerprint density at radius 2 is 1.00 bits per heavy atom. The summed E-state index contributed by atoms with van der Waals surface area (Å²) in [6.07, 6.45) is 10.0. The van der Waals surface area contributed by atoms with Crippen LogP contribution in [0, 0.1) is 0 Å². The molecule has 10 aromatic rings. The summed E-state index contributed by atoms with van der Waals surface area (Å²) < 4.78 is 0. The van der Waals surface area contributed by atoms with E-state index in [1.807, 2.05) is 0 Å². The molecule has 0 aliphatic heterocycles. The molecular weight excluding hydrogens is 723 g/mol. The zero-order valence-corrected chi connectivity index (χ0v) is 33.0. The third-order valence-corrected chi connectivity index (χ3v) is 13.8. The summed E-state index contributed by atoms with van der Waals surface area (Å²) in [5.74, 6) is 0.264. The molecule has 1 heteroatoms. The van der Waals surface area contributed by atoms with Crippen LogP contribution in [0.3, 0.4) is 0 Å². The number of hydrogen-bond acceptors (Lipinski definition) is 1. The SMILES string of the molecule is C1=CCC(c2ccccc2N(c2ccc3c4ccccc4c4ccccc4c3c2)c2ccc3c4c5c(ccc24)-c2ccccc2C5(c2ccccc2)c2ccccc2-3)C=C1. The second kappa shape index (κ2) is 12.8. The molecule has 0 bridgehead atoms. The lowest BCUT2D eigenvalue weighted by molar-refractivity contribution is 0.773. The number of para-hydroxylation sites is 1. The predicted octanol–water partition coefficient (Wildman–Crippen LogP) is 15.7. The number of hydrogen-bond donors (Lipinski definition) is 0. The van der Waals surface area contributed by atoms with Gasteiger partial charge in [0.2, 0.25) is 0 Å². The Bertz CT molecular complexity index is 3440. The molecule has 0 fully saturated rings. The molecule has 280 valence electrons. The number of allylic oxidation sites excluding steroid dienone is 4. The average Bonchev–Trinajstić information content (AvgIpc) is 3.64. The molecule has 3 aliphatic carbocycles. The van der Waals surface area contributed by atoms with Crippen LogP contribution in [0.15, 0.2) is 218 Å². The van der Waals surface area contributed by atoms with Gasteiger partial charge >= 0.3 is 0 Å². The van der Waals surface area contributed by atoms with Crippen molar-refractivity contribution in [2.24, 2.45) is 0 Å². The number of anilines is 3. The lowest BCUT2D eigenvalue weighted by Crippen LogP contribution is -2.31. The summed E-state index contributed by atoms with van der Waals surface area (Å²) in [5, 5.41) is 10.3. The topological polar surface area (TPSA) is 3.24 Å². The van der Waals surface area contributed by atoms with E-state index >= 15 is 0 Å². The molecule has 0 saturated carbocycles. The Labute approximate surface area is 349 Å². The van der Waals surface area contributed by atoms with Crippen molar-refractivity contribution in [3.63, 3.8) is 0 Å². The van der Waals surface area contributed by atoms with Gasteiger partial charge in [0, 0.05) is 22.7 Å². The molecule has 0 aromatic heterocycles. The monoisotopic (exact) mass is 761 g/mol. The van der Waals surface area contributed by atoms with Crippen LogP contribution in [0.1, 0.15) is 40.2 Å². The van der Waals surface area contributed by atoms with E-state index in [0.29, 0.717) is 0 Å². The summed E-state index contributed by atoms with van der Waals surface area (Å²) in [7, 11) is 0. The molecular formula is C59H39N. The third-order valence-electron chi connectivity index (χ3n) is 13.8. The molecule has 60 heavy (non-hydrogen) atoms. The molecule has 0 radical (unpaired) electrons. The number of benzene rings is 10. The van der Waals surface area contributed by atoms with Gasteiger partial charge in [0.1, 0.15) is 0 Å². The zero-order chi connectivity index (χ0) is 39.4. The average molecular weight is 762 g/mol. The minimum atomic E-state index is -0.459. The molecule has 2 unspecified atom stereocenters. The maximum Gasteiger partial charge on any atom is 0.0725 e. The van der Waals surface area contributed by atoms with Crippen molar-refractivity contribution in [2.75, 3.05) is 4.90 Å². The van der Waals surface area contributed by atoms with Gasteiger partial charge in [-0.25, -0.2) is 0 Å². The van der Waals surface area contributed by atoms with Gasteiger partial charge in [-0.2, -0.15) is 0 Å². The minimum Gasteiger partial charge on any atom is -0.310 e. The van der Waals surface area contributed by atoms with Gasteiger partial charge in [-0.05, 0) is 118 Å². The van der Waals surface area contributed by atoms with Crippen LogP contribution in [0.4, 0.5) is 17.1 Å². The standard InChI is InChI=1S/C59H39N/c1-3-17-38(18-4-1)41-21-13-16-30-55(41)60(40-31-32-46-44-24-8-7-22-42(44)43-23-9-10-25-45(43)52(46)37-40)56-36-35-49-47-26-11-14-28-53(47)59(39-19-5-2-6-20-39)54-29-15-12-27-48(54)50-33-34-51(56)57(49)58(50)59/h1-17,19-38H,18H2. The first kappa shape index (κ1) is 33.5. The lowest BCUT2D eigenvalue weighted by atomic mass is 9.62. The smallest absolute Gasteiger partial charge is 0.0725 e. The molecule has 13 rings (SSSR count). The molecule has 0 saturated heterocycles. The number of nitrogens with zero attached hydrogens (tertiary/aromatic N) is 1. The van der Waals surface area contributed by atoms with Crippen molar-refractivity contribution in [3.05, 3.63) is 246 Å². The Hall–Kier alpha value is -7.48.